The minimum Gasteiger partial charge on any atom is -0.458 e. The third-order valence-electron chi connectivity index (χ3n) is 2.30. The maximum absolute atomic E-state index is 11.2. The summed E-state index contributed by atoms with van der Waals surface area (Å²) in [6.45, 7) is 7.05. The van der Waals surface area contributed by atoms with E-state index in [2.05, 4.69) is 6.58 Å². The van der Waals surface area contributed by atoms with Crippen LogP contribution in [0.25, 0.3) is 6.08 Å². The molecular weight excluding hydrogens is 246 g/mol. The zero-order chi connectivity index (χ0) is 14.4. The number of nitrogens with zero attached hydrogens (tertiary/aromatic N) is 1. The van der Waals surface area contributed by atoms with Gasteiger partial charge >= 0.3 is 5.97 Å². The van der Waals surface area contributed by atoms with Gasteiger partial charge in [-0.2, -0.15) is 0 Å². The van der Waals surface area contributed by atoms with Gasteiger partial charge in [0.25, 0.3) is 5.69 Å². The van der Waals surface area contributed by atoms with Crippen LogP contribution in [-0.4, -0.2) is 17.5 Å². The Balaban J connectivity index is 2.66. The normalized spacial score (nSPS) is 10.9. The van der Waals surface area contributed by atoms with Crippen LogP contribution in [0.15, 0.2) is 42.0 Å². The van der Waals surface area contributed by atoms with Crippen LogP contribution in [0.4, 0.5) is 5.69 Å². The molecule has 0 N–H and O–H groups in total. The van der Waals surface area contributed by atoms with Crippen LogP contribution in [0.2, 0.25) is 0 Å². The van der Waals surface area contributed by atoms with E-state index in [1.54, 1.807) is 25.1 Å². The van der Waals surface area contributed by atoms with Crippen LogP contribution in [0.1, 0.15) is 19.4 Å². The van der Waals surface area contributed by atoms with Crippen LogP contribution >= 0.6 is 0 Å². The fourth-order valence-corrected chi connectivity index (χ4v) is 1.32. The summed E-state index contributed by atoms with van der Waals surface area (Å²) in [6.07, 6.45) is 1.80. The van der Waals surface area contributed by atoms with E-state index in [1.807, 2.05) is 6.92 Å². The molecule has 0 atom stereocenters. The van der Waals surface area contributed by atoms with Crippen molar-refractivity contribution in [3.05, 3.63) is 57.7 Å². The fourth-order valence-electron chi connectivity index (χ4n) is 1.32. The molecule has 1 aromatic carbocycles. The van der Waals surface area contributed by atoms with E-state index in [9.17, 15) is 14.9 Å². The number of non-ortho nitro benzene ring substituents is 1. The average molecular weight is 261 g/mol. The third kappa shape index (κ3) is 4.75. The summed E-state index contributed by atoms with van der Waals surface area (Å²) in [4.78, 5) is 21.2. The van der Waals surface area contributed by atoms with Crippen molar-refractivity contribution in [1.82, 2.24) is 0 Å². The Kier molecular flexibility index (Phi) is 5.00. The Bertz CT molecular complexity index is 529. The van der Waals surface area contributed by atoms with Crippen LogP contribution in [-0.2, 0) is 9.53 Å². The molecule has 19 heavy (non-hydrogen) atoms. The Morgan fingerprint density at radius 1 is 1.37 bits per heavy atom. The number of hydrogen-bond acceptors (Lipinski definition) is 4. The van der Waals surface area contributed by atoms with Crippen molar-refractivity contribution in [2.75, 3.05) is 6.61 Å². The lowest BCUT2D eigenvalue weighted by atomic mass is 10.1. The molecule has 5 heteroatoms. The second-order valence-electron chi connectivity index (χ2n) is 4.20. The molecule has 0 aromatic heterocycles. The number of ether oxygens (including phenoxy) is 1. The number of benzene rings is 1. The second kappa shape index (κ2) is 6.49. The molecule has 1 rings (SSSR count). The first-order chi connectivity index (χ1) is 8.90. The van der Waals surface area contributed by atoms with Gasteiger partial charge in [0.05, 0.1) is 4.92 Å². The number of hydrogen-bond donors (Lipinski definition) is 0. The number of nitro benzene ring substituents is 1. The summed E-state index contributed by atoms with van der Waals surface area (Å²) < 4.78 is 4.98. The first-order valence-electron chi connectivity index (χ1n) is 5.64. The van der Waals surface area contributed by atoms with Crippen LogP contribution in [0.3, 0.4) is 0 Å². The Morgan fingerprint density at radius 2 is 1.95 bits per heavy atom. The minimum absolute atomic E-state index is 0.0449. The van der Waals surface area contributed by atoms with E-state index in [0.29, 0.717) is 5.57 Å². The van der Waals surface area contributed by atoms with Gasteiger partial charge < -0.3 is 4.74 Å². The highest BCUT2D eigenvalue weighted by Gasteiger charge is 2.04. The molecule has 0 spiro atoms. The largest absolute Gasteiger partial charge is 0.458 e. The minimum atomic E-state index is -0.449. The predicted octanol–water partition coefficient (Wildman–Crippen LogP) is 3.12. The van der Waals surface area contributed by atoms with Gasteiger partial charge in [-0.15, -0.1) is 0 Å². The molecule has 0 saturated heterocycles. The van der Waals surface area contributed by atoms with Crippen LogP contribution in [0.5, 0.6) is 0 Å². The first-order valence-corrected chi connectivity index (χ1v) is 5.64. The van der Waals surface area contributed by atoms with Gasteiger partial charge in [-0.25, -0.2) is 4.79 Å². The molecule has 1 aromatic rings. The smallest absolute Gasteiger partial charge is 0.333 e. The van der Waals surface area contributed by atoms with E-state index in [-0.39, 0.29) is 12.3 Å². The predicted molar refractivity (Wildman–Crippen MR) is 72.5 cm³/mol. The Hall–Kier alpha value is -2.43. The molecule has 0 saturated carbocycles. The summed E-state index contributed by atoms with van der Waals surface area (Å²) in [6, 6.07) is 6.14. The molecule has 0 fully saturated rings. The lowest BCUT2D eigenvalue weighted by Gasteiger charge is -2.04. The van der Waals surface area contributed by atoms with Crippen molar-refractivity contribution >= 4 is 17.7 Å². The number of carbonyl (C=O) groups excluding carboxylic acids is 1. The highest BCUT2D eigenvalue weighted by Crippen LogP contribution is 2.14. The highest BCUT2D eigenvalue weighted by atomic mass is 16.6. The molecule has 0 radical (unpaired) electrons. The zero-order valence-electron chi connectivity index (χ0n) is 10.9. The molecular formula is C14H15NO4. The lowest BCUT2D eigenvalue weighted by Crippen LogP contribution is -2.06. The standard InChI is InChI=1S/C14H15NO4/c1-10(2)14(16)19-9-11(3)8-12-4-6-13(7-5-12)15(17)18/h4-8H,1,9H2,2-3H3/b11-8+. The number of esters is 1. The quantitative estimate of drug-likeness (QED) is 0.353. The van der Waals surface area contributed by atoms with Gasteiger partial charge in [0.15, 0.2) is 0 Å². The SMILES string of the molecule is C=C(C)C(=O)OC/C(C)=C/c1ccc([N+](=O)[O-])cc1. The van der Waals surface area contributed by atoms with Gasteiger partial charge in [-0.05, 0) is 37.1 Å². The van der Waals surface area contributed by atoms with Crippen molar-refractivity contribution in [2.24, 2.45) is 0 Å². The van der Waals surface area contributed by atoms with E-state index in [4.69, 9.17) is 4.74 Å². The van der Waals surface area contributed by atoms with E-state index in [1.165, 1.54) is 12.1 Å². The van der Waals surface area contributed by atoms with E-state index < -0.39 is 10.9 Å². The van der Waals surface area contributed by atoms with E-state index >= 15 is 0 Å². The molecule has 0 heterocycles. The number of rotatable bonds is 5. The third-order valence-corrected chi connectivity index (χ3v) is 2.30. The topological polar surface area (TPSA) is 69.4 Å². The zero-order valence-corrected chi connectivity index (χ0v) is 10.9. The first kappa shape index (κ1) is 14.6. The molecule has 0 bridgehead atoms. The maximum atomic E-state index is 11.2. The summed E-state index contributed by atoms with van der Waals surface area (Å²) in [5.74, 6) is -0.434. The van der Waals surface area contributed by atoms with Crippen molar-refractivity contribution in [3.63, 3.8) is 0 Å². The average Bonchev–Trinajstić information content (AvgIpc) is 2.36. The van der Waals surface area contributed by atoms with Gasteiger partial charge in [0.2, 0.25) is 0 Å². The second-order valence-corrected chi connectivity index (χ2v) is 4.20. The molecule has 5 nitrogen and oxygen atoms in total. The summed E-state index contributed by atoms with van der Waals surface area (Å²) in [5, 5.41) is 10.5. The van der Waals surface area contributed by atoms with Gasteiger partial charge in [-0.3, -0.25) is 10.1 Å². The summed E-state index contributed by atoms with van der Waals surface area (Å²) in [5.41, 5.74) is 2.05. The molecule has 100 valence electrons. The number of carbonyl (C=O) groups is 1. The van der Waals surface area contributed by atoms with E-state index in [0.717, 1.165) is 11.1 Å². The Morgan fingerprint density at radius 3 is 2.42 bits per heavy atom. The van der Waals surface area contributed by atoms with Crippen molar-refractivity contribution in [1.29, 1.82) is 0 Å². The van der Waals surface area contributed by atoms with Gasteiger partial charge in [0, 0.05) is 17.7 Å². The monoisotopic (exact) mass is 261 g/mol. The molecule has 0 amide bonds. The molecule has 0 aliphatic heterocycles. The van der Waals surface area contributed by atoms with Crippen LogP contribution in [0, 0.1) is 10.1 Å². The highest BCUT2D eigenvalue weighted by molar-refractivity contribution is 5.87. The summed E-state index contributed by atoms with van der Waals surface area (Å²) in [7, 11) is 0. The fraction of sp³-hybridized carbons (Fsp3) is 0.214. The molecule has 0 unspecified atom stereocenters. The van der Waals surface area contributed by atoms with Gasteiger partial charge in [-0.1, -0.05) is 12.7 Å². The lowest BCUT2D eigenvalue weighted by molar-refractivity contribution is -0.384. The number of nitro groups is 1. The van der Waals surface area contributed by atoms with Crippen molar-refractivity contribution in [3.8, 4) is 0 Å². The van der Waals surface area contributed by atoms with Crippen LogP contribution < -0.4 is 0 Å². The summed E-state index contributed by atoms with van der Waals surface area (Å²) >= 11 is 0. The Labute approximate surface area is 111 Å². The molecule has 0 aliphatic rings. The molecule has 0 aliphatic carbocycles. The van der Waals surface area contributed by atoms with Gasteiger partial charge in [0.1, 0.15) is 6.61 Å². The van der Waals surface area contributed by atoms with Crippen molar-refractivity contribution < 1.29 is 14.5 Å². The van der Waals surface area contributed by atoms with Crippen molar-refractivity contribution in [2.45, 2.75) is 13.8 Å². The maximum Gasteiger partial charge on any atom is 0.333 e.